The van der Waals surface area contributed by atoms with E-state index in [-0.39, 0.29) is 11.1 Å². The third-order valence-electron chi connectivity index (χ3n) is 3.72. The number of rotatable bonds is 5. The second kappa shape index (κ2) is 7.06. The Labute approximate surface area is 145 Å². The molecule has 0 unspecified atom stereocenters. The van der Waals surface area contributed by atoms with Crippen LogP contribution < -0.4 is 0 Å². The molecule has 0 aliphatic carbocycles. The minimum Gasteiger partial charge on any atom is -0.478 e. The fraction of sp³-hybridized carbons (Fsp3) is 0.118. The van der Waals surface area contributed by atoms with Gasteiger partial charge in [-0.1, -0.05) is 6.07 Å². The number of benzene rings is 2. The second-order valence-electron chi connectivity index (χ2n) is 5.33. The summed E-state index contributed by atoms with van der Waals surface area (Å²) in [5, 5.41) is 29.1. The number of nitriles is 1. The van der Waals surface area contributed by atoms with Crippen LogP contribution in [-0.2, 0) is 6.42 Å². The maximum absolute atomic E-state index is 14.0. The smallest absolute Gasteiger partial charge is 0.336 e. The number of carboxylic acid groups (broad SMARTS) is 1. The number of nitrogens with zero attached hydrogens (tertiary/aromatic N) is 2. The molecule has 0 bridgehead atoms. The summed E-state index contributed by atoms with van der Waals surface area (Å²) >= 11 is 0. The third kappa shape index (κ3) is 3.39. The van der Waals surface area contributed by atoms with E-state index in [0.29, 0.717) is 6.07 Å². The molecule has 0 aliphatic heterocycles. The highest BCUT2D eigenvalue weighted by atomic mass is 19.1. The standard InChI is InChI=1S/C17H10F2N2O5/c1-8-12(18)6-11(17(23)24)15(16(8)21(25)26)14(22)5-10-3-2-9(7-20)4-13(10)19/h2-4,6H,5H2,1H3,(H,23,24). The van der Waals surface area contributed by atoms with Crippen LogP contribution in [0, 0.1) is 40.0 Å². The molecule has 0 spiro atoms. The van der Waals surface area contributed by atoms with Gasteiger partial charge in [-0.2, -0.15) is 5.26 Å². The summed E-state index contributed by atoms with van der Waals surface area (Å²) in [5.74, 6) is -4.82. The maximum Gasteiger partial charge on any atom is 0.336 e. The first-order chi connectivity index (χ1) is 12.2. The molecule has 2 aromatic rings. The Bertz CT molecular complexity index is 996. The van der Waals surface area contributed by atoms with Crippen molar-refractivity contribution in [3.05, 3.63) is 73.8 Å². The molecule has 0 heterocycles. The number of hydrogen-bond acceptors (Lipinski definition) is 5. The van der Waals surface area contributed by atoms with Gasteiger partial charge in [-0.25, -0.2) is 13.6 Å². The quantitative estimate of drug-likeness (QED) is 0.496. The molecule has 0 aromatic heterocycles. The zero-order chi connectivity index (χ0) is 19.6. The first-order valence-corrected chi connectivity index (χ1v) is 7.09. The Morgan fingerprint density at radius 3 is 2.42 bits per heavy atom. The van der Waals surface area contributed by atoms with Crippen molar-refractivity contribution in [2.24, 2.45) is 0 Å². The highest BCUT2D eigenvalue weighted by Gasteiger charge is 2.32. The summed E-state index contributed by atoms with van der Waals surface area (Å²) in [6.45, 7) is 1.04. The molecule has 9 heteroatoms. The van der Waals surface area contributed by atoms with E-state index in [0.717, 1.165) is 19.1 Å². The van der Waals surface area contributed by atoms with Gasteiger partial charge >= 0.3 is 5.97 Å². The monoisotopic (exact) mass is 360 g/mol. The molecule has 2 aromatic carbocycles. The normalized spacial score (nSPS) is 10.2. The second-order valence-corrected chi connectivity index (χ2v) is 5.33. The lowest BCUT2D eigenvalue weighted by Crippen LogP contribution is -2.16. The van der Waals surface area contributed by atoms with Crippen LogP contribution in [0.15, 0.2) is 24.3 Å². The first-order valence-electron chi connectivity index (χ1n) is 7.09. The van der Waals surface area contributed by atoms with E-state index < -0.39 is 57.1 Å². The first kappa shape index (κ1) is 18.7. The Hall–Kier alpha value is -3.67. The fourth-order valence-electron chi connectivity index (χ4n) is 2.44. The van der Waals surface area contributed by atoms with Crippen molar-refractivity contribution >= 4 is 17.4 Å². The van der Waals surface area contributed by atoms with Crippen LogP contribution in [0.3, 0.4) is 0 Å². The summed E-state index contributed by atoms with van der Waals surface area (Å²) in [4.78, 5) is 34.0. The van der Waals surface area contributed by atoms with Gasteiger partial charge in [0.1, 0.15) is 17.2 Å². The molecule has 1 N–H and O–H groups in total. The van der Waals surface area contributed by atoms with Gasteiger partial charge < -0.3 is 5.11 Å². The van der Waals surface area contributed by atoms with E-state index >= 15 is 0 Å². The van der Waals surface area contributed by atoms with Gasteiger partial charge in [-0.3, -0.25) is 14.9 Å². The van der Waals surface area contributed by atoms with Crippen LogP contribution in [0.5, 0.6) is 0 Å². The molecule has 0 atom stereocenters. The Kier molecular flexibility index (Phi) is 5.07. The average Bonchev–Trinajstić information content (AvgIpc) is 2.57. The van der Waals surface area contributed by atoms with Crippen molar-refractivity contribution < 1.29 is 28.4 Å². The van der Waals surface area contributed by atoms with Gasteiger partial charge in [-0.05, 0) is 30.7 Å². The summed E-state index contributed by atoms with van der Waals surface area (Å²) in [6, 6.07) is 5.50. The summed E-state index contributed by atoms with van der Waals surface area (Å²) in [5.41, 5.74) is -3.32. The molecule has 0 saturated carbocycles. The van der Waals surface area contributed by atoms with Crippen molar-refractivity contribution in [3.8, 4) is 6.07 Å². The van der Waals surface area contributed by atoms with Gasteiger partial charge in [0, 0.05) is 6.42 Å². The van der Waals surface area contributed by atoms with E-state index in [4.69, 9.17) is 5.26 Å². The molecule has 0 radical (unpaired) electrons. The van der Waals surface area contributed by atoms with Gasteiger partial charge in [0.2, 0.25) is 0 Å². The third-order valence-corrected chi connectivity index (χ3v) is 3.72. The van der Waals surface area contributed by atoms with Crippen molar-refractivity contribution in [1.29, 1.82) is 5.26 Å². The van der Waals surface area contributed by atoms with Crippen molar-refractivity contribution in [3.63, 3.8) is 0 Å². The Morgan fingerprint density at radius 2 is 1.92 bits per heavy atom. The molecule has 0 amide bonds. The number of Topliss-reactive ketones (excluding diaryl/α,β-unsaturated/α-hetero) is 1. The number of ketones is 1. The minimum absolute atomic E-state index is 0.00790. The van der Waals surface area contributed by atoms with Crippen LogP contribution in [0.1, 0.15) is 37.4 Å². The van der Waals surface area contributed by atoms with E-state index in [1.54, 1.807) is 6.07 Å². The van der Waals surface area contributed by atoms with Crippen LogP contribution in [-0.4, -0.2) is 21.8 Å². The lowest BCUT2D eigenvalue weighted by Gasteiger charge is -2.10. The van der Waals surface area contributed by atoms with Crippen LogP contribution in [0.25, 0.3) is 0 Å². The van der Waals surface area contributed by atoms with Crippen molar-refractivity contribution in [2.75, 3.05) is 0 Å². The van der Waals surface area contributed by atoms with E-state index in [9.17, 15) is 33.6 Å². The summed E-state index contributed by atoms with van der Waals surface area (Å²) < 4.78 is 27.8. The average molecular weight is 360 g/mol. The number of carboxylic acids is 1. The molecule has 0 saturated heterocycles. The topological polar surface area (TPSA) is 121 Å². The Balaban J connectivity index is 2.62. The maximum atomic E-state index is 14.0. The highest BCUT2D eigenvalue weighted by molar-refractivity contribution is 6.10. The number of nitro groups is 1. The van der Waals surface area contributed by atoms with E-state index in [1.165, 1.54) is 6.07 Å². The van der Waals surface area contributed by atoms with Gasteiger partial charge in [-0.15, -0.1) is 0 Å². The van der Waals surface area contributed by atoms with Crippen LogP contribution in [0.2, 0.25) is 0 Å². The molecule has 2 rings (SSSR count). The summed E-state index contributed by atoms with van der Waals surface area (Å²) in [7, 11) is 0. The van der Waals surface area contributed by atoms with Gasteiger partial charge in [0.05, 0.1) is 27.7 Å². The molecule has 132 valence electrons. The Morgan fingerprint density at radius 1 is 1.27 bits per heavy atom. The number of carbonyl (C=O) groups excluding carboxylic acids is 1. The zero-order valence-electron chi connectivity index (χ0n) is 13.2. The number of aromatic carboxylic acids is 1. The van der Waals surface area contributed by atoms with E-state index in [1.807, 2.05) is 0 Å². The van der Waals surface area contributed by atoms with Crippen molar-refractivity contribution in [1.82, 2.24) is 0 Å². The van der Waals surface area contributed by atoms with E-state index in [2.05, 4.69) is 0 Å². The molecule has 0 fully saturated rings. The minimum atomic E-state index is -1.73. The van der Waals surface area contributed by atoms with Crippen LogP contribution in [0.4, 0.5) is 14.5 Å². The number of halogens is 2. The zero-order valence-corrected chi connectivity index (χ0v) is 13.2. The molecular formula is C17H10F2N2O5. The summed E-state index contributed by atoms with van der Waals surface area (Å²) in [6.07, 6.45) is -0.691. The van der Waals surface area contributed by atoms with Crippen molar-refractivity contribution in [2.45, 2.75) is 13.3 Å². The van der Waals surface area contributed by atoms with Gasteiger partial charge in [0.15, 0.2) is 5.78 Å². The highest BCUT2D eigenvalue weighted by Crippen LogP contribution is 2.31. The molecule has 7 nitrogen and oxygen atoms in total. The molecule has 26 heavy (non-hydrogen) atoms. The van der Waals surface area contributed by atoms with Crippen LogP contribution >= 0.6 is 0 Å². The molecular weight excluding hydrogens is 350 g/mol. The largest absolute Gasteiger partial charge is 0.478 e. The fourth-order valence-corrected chi connectivity index (χ4v) is 2.44. The lowest BCUT2D eigenvalue weighted by atomic mass is 9.93. The number of nitro benzene ring substituents is 1. The number of carbonyl (C=O) groups is 2. The SMILES string of the molecule is Cc1c(F)cc(C(=O)O)c(C(=O)Cc2ccc(C#N)cc2F)c1[N+](=O)[O-]. The molecule has 0 aliphatic rings. The lowest BCUT2D eigenvalue weighted by molar-refractivity contribution is -0.385. The predicted octanol–water partition coefficient (Wildman–Crippen LogP) is 3.18. The van der Waals surface area contributed by atoms with Gasteiger partial charge in [0.25, 0.3) is 5.69 Å². The predicted molar refractivity (Wildman–Crippen MR) is 83.9 cm³/mol. The number of hydrogen-bond donors (Lipinski definition) is 1.